The lowest BCUT2D eigenvalue weighted by Crippen LogP contribution is -2.31. The number of anilines is 2. The molecule has 1 aliphatic heterocycles. The Morgan fingerprint density at radius 2 is 1.70 bits per heavy atom. The lowest BCUT2D eigenvalue weighted by Gasteiger charge is -2.15. The van der Waals surface area contributed by atoms with Crippen LogP contribution in [0.25, 0.3) is 0 Å². The number of rotatable bonds is 7. The van der Waals surface area contributed by atoms with Crippen molar-refractivity contribution in [1.82, 2.24) is 0 Å². The summed E-state index contributed by atoms with van der Waals surface area (Å²) in [4.78, 5) is 51.5. The molecular formula is C25H24N2O6. The molecule has 3 amide bonds. The number of ether oxygens (including phenoxy) is 2. The van der Waals surface area contributed by atoms with Crippen molar-refractivity contribution in [2.75, 3.05) is 23.4 Å². The van der Waals surface area contributed by atoms with Gasteiger partial charge in [0, 0.05) is 0 Å². The number of benzene rings is 2. The minimum Gasteiger partial charge on any atom is -0.492 e. The molecule has 2 aromatic carbocycles. The van der Waals surface area contributed by atoms with Gasteiger partial charge in [0.1, 0.15) is 5.75 Å². The van der Waals surface area contributed by atoms with E-state index in [1.165, 1.54) is 12.1 Å². The molecule has 4 rings (SSSR count). The zero-order valence-corrected chi connectivity index (χ0v) is 18.2. The molecule has 1 saturated heterocycles. The van der Waals surface area contributed by atoms with Gasteiger partial charge in [-0.1, -0.05) is 30.4 Å². The van der Waals surface area contributed by atoms with Crippen molar-refractivity contribution in [3.63, 3.8) is 0 Å². The highest BCUT2D eigenvalue weighted by Gasteiger charge is 2.47. The molecule has 1 N–H and O–H groups in total. The second-order valence-electron chi connectivity index (χ2n) is 7.77. The molecular weight excluding hydrogens is 424 g/mol. The number of nitrogens with zero attached hydrogens (tertiary/aromatic N) is 1. The van der Waals surface area contributed by atoms with Crippen LogP contribution in [0.2, 0.25) is 0 Å². The molecule has 2 aromatic rings. The highest BCUT2D eigenvalue weighted by atomic mass is 16.5. The lowest BCUT2D eigenvalue weighted by molar-refractivity contribution is -0.122. The van der Waals surface area contributed by atoms with E-state index in [1.54, 1.807) is 36.4 Å². The third kappa shape index (κ3) is 4.64. The summed E-state index contributed by atoms with van der Waals surface area (Å²) < 4.78 is 10.6. The summed E-state index contributed by atoms with van der Waals surface area (Å²) in [5.74, 6) is -1.97. The number of esters is 1. The van der Waals surface area contributed by atoms with Gasteiger partial charge < -0.3 is 14.8 Å². The van der Waals surface area contributed by atoms with E-state index in [0.717, 1.165) is 4.90 Å². The highest BCUT2D eigenvalue weighted by molar-refractivity contribution is 6.22. The summed E-state index contributed by atoms with van der Waals surface area (Å²) in [6.45, 7) is 1.78. The monoisotopic (exact) mass is 448 g/mol. The molecule has 1 aliphatic carbocycles. The van der Waals surface area contributed by atoms with Crippen molar-refractivity contribution in [3.05, 3.63) is 66.2 Å². The van der Waals surface area contributed by atoms with Crippen molar-refractivity contribution < 1.29 is 28.7 Å². The zero-order valence-electron chi connectivity index (χ0n) is 18.2. The SMILES string of the molecule is CCOc1ccccc1NC(=O)COC(=O)c1cccc(N2C(=O)[C@H]3CC=CC[C@H]3C2=O)c1. The first kappa shape index (κ1) is 22.3. The normalized spacial score (nSPS) is 19.2. The van der Waals surface area contributed by atoms with Gasteiger partial charge in [-0.25, -0.2) is 4.79 Å². The van der Waals surface area contributed by atoms with Crippen LogP contribution in [0.4, 0.5) is 11.4 Å². The second kappa shape index (κ2) is 9.68. The highest BCUT2D eigenvalue weighted by Crippen LogP contribution is 2.37. The second-order valence-corrected chi connectivity index (χ2v) is 7.77. The molecule has 2 aliphatic rings. The molecule has 8 heteroatoms. The predicted octanol–water partition coefficient (Wildman–Crippen LogP) is 3.34. The van der Waals surface area contributed by atoms with E-state index in [0.29, 0.717) is 36.6 Å². The van der Waals surface area contributed by atoms with Crippen LogP contribution in [0.1, 0.15) is 30.1 Å². The van der Waals surface area contributed by atoms with Gasteiger partial charge in [0.2, 0.25) is 11.8 Å². The molecule has 0 aromatic heterocycles. The van der Waals surface area contributed by atoms with Crippen molar-refractivity contribution in [2.45, 2.75) is 19.8 Å². The van der Waals surface area contributed by atoms with Crippen LogP contribution in [0, 0.1) is 11.8 Å². The molecule has 0 spiro atoms. The molecule has 8 nitrogen and oxygen atoms in total. The van der Waals surface area contributed by atoms with Gasteiger partial charge >= 0.3 is 5.97 Å². The van der Waals surface area contributed by atoms with E-state index in [1.807, 2.05) is 19.1 Å². The Morgan fingerprint density at radius 1 is 1.00 bits per heavy atom. The van der Waals surface area contributed by atoms with Gasteiger partial charge in [0.05, 0.1) is 35.4 Å². The summed E-state index contributed by atoms with van der Waals surface area (Å²) in [6.07, 6.45) is 4.91. The molecule has 0 unspecified atom stereocenters. The number of allylic oxidation sites excluding steroid dienone is 2. The molecule has 0 saturated carbocycles. The van der Waals surface area contributed by atoms with E-state index in [-0.39, 0.29) is 29.2 Å². The molecule has 0 bridgehead atoms. The van der Waals surface area contributed by atoms with Crippen LogP contribution in [-0.2, 0) is 19.1 Å². The minimum absolute atomic E-state index is 0.142. The smallest absolute Gasteiger partial charge is 0.338 e. The maximum absolute atomic E-state index is 12.8. The summed E-state index contributed by atoms with van der Waals surface area (Å²) in [5.41, 5.74) is 0.942. The fourth-order valence-electron chi connectivity index (χ4n) is 4.08. The summed E-state index contributed by atoms with van der Waals surface area (Å²) in [6, 6.07) is 13.1. The minimum atomic E-state index is -0.733. The number of amides is 3. The van der Waals surface area contributed by atoms with Gasteiger partial charge in [-0.05, 0) is 50.1 Å². The molecule has 2 atom stereocenters. The fraction of sp³-hybridized carbons (Fsp3) is 0.280. The summed E-state index contributed by atoms with van der Waals surface area (Å²) >= 11 is 0. The van der Waals surface area contributed by atoms with Gasteiger partial charge in [0.15, 0.2) is 6.61 Å². The quantitative estimate of drug-likeness (QED) is 0.396. The van der Waals surface area contributed by atoms with Crippen molar-refractivity contribution in [2.24, 2.45) is 11.8 Å². The summed E-state index contributed by atoms with van der Waals surface area (Å²) in [5, 5.41) is 2.65. The Morgan fingerprint density at radius 3 is 2.39 bits per heavy atom. The third-order valence-electron chi connectivity index (χ3n) is 5.64. The first-order valence-corrected chi connectivity index (χ1v) is 10.8. The van der Waals surface area contributed by atoms with Gasteiger partial charge in [-0.3, -0.25) is 19.3 Å². The van der Waals surface area contributed by atoms with Gasteiger partial charge in [-0.15, -0.1) is 0 Å². The average Bonchev–Trinajstić information content (AvgIpc) is 3.09. The van der Waals surface area contributed by atoms with Gasteiger partial charge in [-0.2, -0.15) is 0 Å². The number of fused-ring (bicyclic) bond motifs is 1. The van der Waals surface area contributed by atoms with E-state index < -0.39 is 18.5 Å². The van der Waals surface area contributed by atoms with Crippen molar-refractivity contribution >= 4 is 35.1 Å². The van der Waals surface area contributed by atoms with Crippen LogP contribution in [0.3, 0.4) is 0 Å². The van der Waals surface area contributed by atoms with E-state index in [9.17, 15) is 19.2 Å². The molecule has 33 heavy (non-hydrogen) atoms. The average molecular weight is 448 g/mol. The standard InChI is InChI=1S/C25H24N2O6/c1-2-32-21-13-6-5-12-20(21)26-22(28)15-33-25(31)16-8-7-9-17(14-16)27-23(29)18-10-3-4-11-19(18)24(27)30/h3-9,12-14,18-19H,2,10-11,15H2,1H3,(H,26,28)/t18-,19+. The van der Waals surface area contributed by atoms with Crippen molar-refractivity contribution in [1.29, 1.82) is 0 Å². The topological polar surface area (TPSA) is 102 Å². The first-order chi connectivity index (χ1) is 16.0. The van der Waals surface area contributed by atoms with Crippen LogP contribution < -0.4 is 15.0 Å². The van der Waals surface area contributed by atoms with Crippen LogP contribution in [-0.4, -0.2) is 36.9 Å². The lowest BCUT2D eigenvalue weighted by atomic mass is 9.85. The van der Waals surface area contributed by atoms with Gasteiger partial charge in [0.25, 0.3) is 5.91 Å². The van der Waals surface area contributed by atoms with Crippen LogP contribution >= 0.6 is 0 Å². The van der Waals surface area contributed by atoms with E-state index in [4.69, 9.17) is 9.47 Å². The number of carbonyl (C=O) groups excluding carboxylic acids is 4. The maximum atomic E-state index is 12.8. The Kier molecular flexibility index (Phi) is 6.53. The summed E-state index contributed by atoms with van der Waals surface area (Å²) in [7, 11) is 0. The van der Waals surface area contributed by atoms with E-state index in [2.05, 4.69) is 5.32 Å². The first-order valence-electron chi connectivity index (χ1n) is 10.8. The maximum Gasteiger partial charge on any atom is 0.338 e. The molecule has 0 radical (unpaired) electrons. The number of hydrogen-bond donors (Lipinski definition) is 1. The number of imide groups is 1. The Hall–Kier alpha value is -3.94. The Balaban J connectivity index is 1.40. The number of para-hydroxylation sites is 2. The predicted molar refractivity (Wildman–Crippen MR) is 121 cm³/mol. The zero-order chi connectivity index (χ0) is 23.4. The number of carbonyl (C=O) groups is 4. The number of hydrogen-bond acceptors (Lipinski definition) is 6. The molecule has 1 heterocycles. The Bertz CT molecular complexity index is 1100. The third-order valence-corrected chi connectivity index (χ3v) is 5.64. The fourth-order valence-corrected chi connectivity index (χ4v) is 4.08. The van der Waals surface area contributed by atoms with Crippen LogP contribution in [0.15, 0.2) is 60.7 Å². The van der Waals surface area contributed by atoms with E-state index >= 15 is 0 Å². The molecule has 170 valence electrons. The van der Waals surface area contributed by atoms with Crippen LogP contribution in [0.5, 0.6) is 5.75 Å². The molecule has 1 fully saturated rings. The largest absolute Gasteiger partial charge is 0.492 e. The Labute approximate surface area is 191 Å². The number of nitrogens with one attached hydrogen (secondary N) is 1. The van der Waals surface area contributed by atoms with Crippen molar-refractivity contribution in [3.8, 4) is 5.75 Å².